The first-order chi connectivity index (χ1) is 14.9. The third kappa shape index (κ3) is 5.34. The molecule has 2 aromatic carbocycles. The predicted octanol–water partition coefficient (Wildman–Crippen LogP) is 0.831. The van der Waals surface area contributed by atoms with E-state index in [4.69, 9.17) is 11.0 Å². The number of rotatable bonds is 8. The summed E-state index contributed by atoms with van der Waals surface area (Å²) in [6, 6.07) is 15.9. The molecule has 1 aliphatic rings. The van der Waals surface area contributed by atoms with Gasteiger partial charge in [-0.1, -0.05) is 42.5 Å². The monoisotopic (exact) mass is 418 g/mol. The van der Waals surface area contributed by atoms with Crippen LogP contribution in [0.3, 0.4) is 0 Å². The molecule has 3 amide bonds. The summed E-state index contributed by atoms with van der Waals surface area (Å²) in [7, 11) is 0. The molecule has 158 valence electrons. The van der Waals surface area contributed by atoms with Crippen molar-refractivity contribution in [3.8, 4) is 6.07 Å². The fourth-order valence-electron chi connectivity index (χ4n) is 3.64. The Morgan fingerprint density at radius 3 is 2.52 bits per heavy atom. The van der Waals surface area contributed by atoms with E-state index < -0.39 is 29.7 Å². The highest BCUT2D eigenvalue weighted by molar-refractivity contribution is 6.37. The van der Waals surface area contributed by atoms with Crippen molar-refractivity contribution in [1.29, 1.82) is 5.26 Å². The highest BCUT2D eigenvalue weighted by Gasteiger charge is 2.38. The Morgan fingerprint density at radius 2 is 1.84 bits per heavy atom. The van der Waals surface area contributed by atoms with Crippen molar-refractivity contribution in [3.63, 3.8) is 0 Å². The number of carbonyl (C=O) groups excluding carboxylic acids is 4. The summed E-state index contributed by atoms with van der Waals surface area (Å²) in [6.45, 7) is 0.166. The van der Waals surface area contributed by atoms with Gasteiger partial charge >= 0.3 is 0 Å². The molecule has 8 nitrogen and oxygen atoms in total. The number of carbonyl (C=O) groups is 4. The molecule has 1 fully saturated rings. The highest BCUT2D eigenvalue weighted by atomic mass is 16.2. The minimum atomic E-state index is -1.13. The molecule has 1 aliphatic heterocycles. The van der Waals surface area contributed by atoms with Crippen LogP contribution >= 0.6 is 0 Å². The fourth-order valence-corrected chi connectivity index (χ4v) is 3.64. The third-order valence-electron chi connectivity index (χ3n) is 5.20. The first kappa shape index (κ1) is 21.7. The third-order valence-corrected chi connectivity index (χ3v) is 5.20. The molecule has 2 unspecified atom stereocenters. The quantitative estimate of drug-likeness (QED) is 0.613. The van der Waals surface area contributed by atoms with Gasteiger partial charge < -0.3 is 16.0 Å². The van der Waals surface area contributed by atoms with E-state index in [1.54, 1.807) is 48.5 Å². The van der Waals surface area contributed by atoms with Crippen LogP contribution in [-0.2, 0) is 32.1 Å². The molecule has 3 rings (SSSR count). The maximum atomic E-state index is 13.0. The molecular weight excluding hydrogens is 396 g/mol. The average Bonchev–Trinajstić information content (AvgIpc) is 3.13. The molecule has 0 radical (unpaired) electrons. The zero-order chi connectivity index (χ0) is 22.4. The molecule has 2 aromatic rings. The number of nitrogens with one attached hydrogen (secondary N) is 1. The molecule has 31 heavy (non-hydrogen) atoms. The molecule has 1 saturated heterocycles. The van der Waals surface area contributed by atoms with Crippen molar-refractivity contribution in [2.75, 3.05) is 0 Å². The second-order valence-corrected chi connectivity index (χ2v) is 7.37. The maximum Gasteiger partial charge on any atom is 0.287 e. The number of nitriles is 1. The van der Waals surface area contributed by atoms with E-state index >= 15 is 0 Å². The molecule has 2 atom stereocenters. The van der Waals surface area contributed by atoms with E-state index in [1.165, 1.54) is 4.90 Å². The Hall–Kier alpha value is -3.99. The lowest BCUT2D eigenvalue weighted by molar-refractivity contribution is -0.140. The average molecular weight is 418 g/mol. The van der Waals surface area contributed by atoms with Gasteiger partial charge in [0.1, 0.15) is 12.1 Å². The van der Waals surface area contributed by atoms with Crippen LogP contribution in [0.5, 0.6) is 0 Å². The number of nitrogens with two attached hydrogens (primary N) is 1. The SMILES string of the molecule is N#Cc1cccc(CN2C(=O)CCC2C(=O)NC(Cc2ccccc2)C(=O)C(N)=O)c1. The van der Waals surface area contributed by atoms with Gasteiger partial charge in [0.2, 0.25) is 17.6 Å². The Kier molecular flexibility index (Phi) is 6.78. The van der Waals surface area contributed by atoms with Crippen molar-refractivity contribution in [1.82, 2.24) is 10.2 Å². The van der Waals surface area contributed by atoms with Gasteiger partial charge in [0.05, 0.1) is 11.6 Å². The zero-order valence-electron chi connectivity index (χ0n) is 16.8. The minimum absolute atomic E-state index is 0.110. The molecule has 0 bridgehead atoms. The summed E-state index contributed by atoms with van der Waals surface area (Å²) in [5, 5.41) is 11.7. The van der Waals surface area contributed by atoms with Crippen LogP contribution in [0.2, 0.25) is 0 Å². The molecule has 8 heteroatoms. The van der Waals surface area contributed by atoms with E-state index in [-0.39, 0.29) is 25.3 Å². The fraction of sp³-hybridized carbons (Fsp3) is 0.261. The summed E-state index contributed by atoms with van der Waals surface area (Å²) in [5.74, 6) is -2.73. The van der Waals surface area contributed by atoms with Crippen molar-refractivity contribution >= 4 is 23.5 Å². The molecule has 0 aromatic heterocycles. The number of primary amides is 1. The van der Waals surface area contributed by atoms with Crippen LogP contribution in [-0.4, -0.2) is 40.5 Å². The van der Waals surface area contributed by atoms with E-state index in [0.29, 0.717) is 12.0 Å². The van der Waals surface area contributed by atoms with Crippen LogP contribution in [0.1, 0.15) is 29.5 Å². The second kappa shape index (κ2) is 9.67. The number of ketones is 1. The van der Waals surface area contributed by atoms with Gasteiger partial charge in [0.25, 0.3) is 5.91 Å². The number of hydrogen-bond acceptors (Lipinski definition) is 5. The van der Waals surface area contributed by atoms with E-state index in [2.05, 4.69) is 5.32 Å². The highest BCUT2D eigenvalue weighted by Crippen LogP contribution is 2.22. The van der Waals surface area contributed by atoms with E-state index in [1.807, 2.05) is 12.1 Å². The molecule has 1 heterocycles. The van der Waals surface area contributed by atoms with Gasteiger partial charge in [0.15, 0.2) is 0 Å². The predicted molar refractivity (Wildman–Crippen MR) is 111 cm³/mol. The zero-order valence-corrected chi connectivity index (χ0v) is 16.8. The van der Waals surface area contributed by atoms with Gasteiger partial charge in [-0.15, -0.1) is 0 Å². The van der Waals surface area contributed by atoms with Gasteiger partial charge in [-0.25, -0.2) is 0 Å². The van der Waals surface area contributed by atoms with Crippen LogP contribution in [0.25, 0.3) is 0 Å². The van der Waals surface area contributed by atoms with Crippen molar-refractivity contribution in [3.05, 3.63) is 71.3 Å². The van der Waals surface area contributed by atoms with Crippen molar-refractivity contribution < 1.29 is 19.2 Å². The second-order valence-electron chi connectivity index (χ2n) is 7.37. The molecule has 0 saturated carbocycles. The van der Waals surface area contributed by atoms with Crippen molar-refractivity contribution in [2.45, 2.75) is 37.9 Å². The van der Waals surface area contributed by atoms with Gasteiger partial charge in [0, 0.05) is 19.4 Å². The first-order valence-corrected chi connectivity index (χ1v) is 9.85. The summed E-state index contributed by atoms with van der Waals surface area (Å²) < 4.78 is 0. The Bertz CT molecular complexity index is 1050. The summed E-state index contributed by atoms with van der Waals surface area (Å²) in [4.78, 5) is 50.6. The molecule has 3 N–H and O–H groups in total. The maximum absolute atomic E-state index is 13.0. The smallest absolute Gasteiger partial charge is 0.287 e. The molecule has 0 spiro atoms. The van der Waals surface area contributed by atoms with E-state index in [0.717, 1.165) is 11.1 Å². The van der Waals surface area contributed by atoms with Crippen LogP contribution < -0.4 is 11.1 Å². The van der Waals surface area contributed by atoms with Crippen LogP contribution in [0.15, 0.2) is 54.6 Å². The number of benzene rings is 2. The topological polar surface area (TPSA) is 133 Å². The van der Waals surface area contributed by atoms with Crippen LogP contribution in [0, 0.1) is 11.3 Å². The van der Waals surface area contributed by atoms with Crippen molar-refractivity contribution in [2.24, 2.45) is 5.73 Å². The number of amides is 3. The number of hydrogen-bond donors (Lipinski definition) is 2. The number of Topliss-reactive ketones (excluding diaryl/α,β-unsaturated/α-hetero) is 1. The van der Waals surface area contributed by atoms with Gasteiger partial charge in [-0.2, -0.15) is 5.26 Å². The first-order valence-electron chi connectivity index (χ1n) is 9.85. The minimum Gasteiger partial charge on any atom is -0.363 e. The van der Waals surface area contributed by atoms with E-state index in [9.17, 15) is 19.2 Å². The summed E-state index contributed by atoms with van der Waals surface area (Å²) in [6.07, 6.45) is 0.605. The number of nitrogens with zero attached hydrogens (tertiary/aromatic N) is 2. The Labute approximate surface area is 179 Å². The summed E-state index contributed by atoms with van der Waals surface area (Å²) >= 11 is 0. The Balaban J connectivity index is 1.76. The lowest BCUT2D eigenvalue weighted by Crippen LogP contribution is -2.53. The molecular formula is C23H22N4O4. The summed E-state index contributed by atoms with van der Waals surface area (Å²) in [5.41, 5.74) is 7.11. The lowest BCUT2D eigenvalue weighted by Gasteiger charge is -2.26. The standard InChI is InChI=1S/C23H22N4O4/c24-13-16-7-4-8-17(11-16)14-27-19(9-10-20(27)28)23(31)26-18(21(29)22(25)30)12-15-5-2-1-3-6-15/h1-8,11,18-19H,9-10,12,14H2,(H2,25,30)(H,26,31). The number of likely N-dealkylation sites (tertiary alicyclic amines) is 1. The van der Waals surface area contributed by atoms with Gasteiger partial charge in [-0.05, 0) is 29.7 Å². The Morgan fingerprint density at radius 1 is 1.13 bits per heavy atom. The lowest BCUT2D eigenvalue weighted by atomic mass is 10.0. The largest absolute Gasteiger partial charge is 0.363 e. The van der Waals surface area contributed by atoms with Gasteiger partial charge in [-0.3, -0.25) is 19.2 Å². The van der Waals surface area contributed by atoms with Crippen LogP contribution in [0.4, 0.5) is 0 Å². The normalized spacial score (nSPS) is 16.4. The molecule has 0 aliphatic carbocycles.